The number of hydrogen-bond donors (Lipinski definition) is 3. The van der Waals surface area contributed by atoms with E-state index in [0.29, 0.717) is 0 Å². The maximum Gasteiger partial charge on any atom is 0.241 e. The summed E-state index contributed by atoms with van der Waals surface area (Å²) in [7, 11) is 0. The second-order valence-corrected chi connectivity index (χ2v) is 5.84. The normalized spacial score (nSPS) is 20.6. The van der Waals surface area contributed by atoms with Gasteiger partial charge >= 0.3 is 0 Å². The van der Waals surface area contributed by atoms with E-state index in [4.69, 9.17) is 0 Å². The van der Waals surface area contributed by atoms with E-state index in [9.17, 15) is 9.59 Å². The first-order valence-electron chi connectivity index (χ1n) is 7.67. The van der Waals surface area contributed by atoms with Gasteiger partial charge < -0.3 is 16.0 Å². The Hall–Kier alpha value is -1.59. The van der Waals surface area contributed by atoms with Crippen molar-refractivity contribution in [3.05, 3.63) is 24.3 Å². The highest BCUT2D eigenvalue weighted by atomic mass is 35.5. The standard InChI is InChI=1S/C16H21N3O2.ClH/c20-15(11-7-8-11)18-12-4-3-5-13(10-12)19-16(21)14-6-1-2-9-17-14;/h3-5,10-11,14,17H,1-2,6-9H2,(H,18,20)(H,19,21);1H/t14-;/m0./s1. The van der Waals surface area contributed by atoms with Gasteiger partial charge in [-0.2, -0.15) is 0 Å². The molecule has 6 heteroatoms. The Balaban J connectivity index is 0.00000176. The predicted molar refractivity (Wildman–Crippen MR) is 89.3 cm³/mol. The Morgan fingerprint density at radius 1 is 1.00 bits per heavy atom. The molecule has 2 aliphatic rings. The third-order valence-electron chi connectivity index (χ3n) is 3.97. The number of benzene rings is 1. The van der Waals surface area contributed by atoms with Gasteiger partial charge in [-0.05, 0) is 50.4 Å². The lowest BCUT2D eigenvalue weighted by atomic mass is 10.0. The van der Waals surface area contributed by atoms with E-state index >= 15 is 0 Å². The fraction of sp³-hybridized carbons (Fsp3) is 0.500. The summed E-state index contributed by atoms with van der Waals surface area (Å²) < 4.78 is 0. The zero-order valence-electron chi connectivity index (χ0n) is 12.4. The van der Waals surface area contributed by atoms with Crippen molar-refractivity contribution >= 4 is 35.6 Å². The van der Waals surface area contributed by atoms with E-state index in [-0.39, 0.29) is 36.2 Å². The minimum atomic E-state index is -0.108. The third-order valence-corrected chi connectivity index (χ3v) is 3.97. The van der Waals surface area contributed by atoms with Crippen LogP contribution in [-0.2, 0) is 9.59 Å². The summed E-state index contributed by atoms with van der Waals surface area (Å²) in [5.41, 5.74) is 1.46. The number of anilines is 2. The van der Waals surface area contributed by atoms with E-state index in [1.807, 2.05) is 18.2 Å². The molecule has 1 saturated carbocycles. The first-order valence-corrected chi connectivity index (χ1v) is 7.67. The van der Waals surface area contributed by atoms with Gasteiger partial charge in [0, 0.05) is 17.3 Å². The summed E-state index contributed by atoms with van der Waals surface area (Å²) >= 11 is 0. The molecular weight excluding hydrogens is 302 g/mol. The van der Waals surface area contributed by atoms with Crippen molar-refractivity contribution in [3.63, 3.8) is 0 Å². The molecule has 0 bridgehead atoms. The second kappa shape index (κ2) is 7.61. The Labute approximate surface area is 136 Å². The number of rotatable bonds is 4. The van der Waals surface area contributed by atoms with Gasteiger partial charge in [-0.25, -0.2) is 0 Å². The van der Waals surface area contributed by atoms with Gasteiger partial charge in [0.15, 0.2) is 0 Å². The fourth-order valence-electron chi connectivity index (χ4n) is 2.57. The maximum atomic E-state index is 12.2. The summed E-state index contributed by atoms with van der Waals surface area (Å²) in [6.07, 6.45) is 5.06. The van der Waals surface area contributed by atoms with Crippen molar-refractivity contribution in [3.8, 4) is 0 Å². The molecule has 0 aromatic heterocycles. The Bertz CT molecular complexity index is 540. The third kappa shape index (κ3) is 4.45. The molecule has 0 unspecified atom stereocenters. The number of amides is 2. The highest BCUT2D eigenvalue weighted by Gasteiger charge is 2.29. The first kappa shape index (κ1) is 16.8. The van der Waals surface area contributed by atoms with E-state index in [0.717, 1.165) is 50.0 Å². The van der Waals surface area contributed by atoms with Crippen molar-refractivity contribution in [2.45, 2.75) is 38.1 Å². The molecule has 1 aromatic carbocycles. The second-order valence-electron chi connectivity index (χ2n) is 5.84. The molecule has 1 saturated heterocycles. The molecule has 0 radical (unpaired) electrons. The smallest absolute Gasteiger partial charge is 0.241 e. The number of carbonyl (C=O) groups excluding carboxylic acids is 2. The molecule has 3 rings (SSSR count). The Kier molecular flexibility index (Phi) is 5.80. The van der Waals surface area contributed by atoms with Crippen LogP contribution in [0.5, 0.6) is 0 Å². The van der Waals surface area contributed by atoms with Crippen LogP contribution in [0.3, 0.4) is 0 Å². The van der Waals surface area contributed by atoms with Crippen LogP contribution in [0, 0.1) is 5.92 Å². The molecule has 3 N–H and O–H groups in total. The van der Waals surface area contributed by atoms with Gasteiger partial charge in [-0.3, -0.25) is 9.59 Å². The van der Waals surface area contributed by atoms with Gasteiger partial charge in [-0.15, -0.1) is 12.4 Å². The fourth-order valence-corrected chi connectivity index (χ4v) is 2.57. The molecule has 0 spiro atoms. The molecule has 1 aliphatic carbocycles. The van der Waals surface area contributed by atoms with Crippen LogP contribution in [0.4, 0.5) is 11.4 Å². The van der Waals surface area contributed by atoms with Crippen molar-refractivity contribution in [1.29, 1.82) is 0 Å². The maximum absolute atomic E-state index is 12.2. The zero-order valence-corrected chi connectivity index (χ0v) is 13.2. The van der Waals surface area contributed by atoms with Crippen LogP contribution >= 0.6 is 12.4 Å². The average molecular weight is 324 g/mol. The van der Waals surface area contributed by atoms with Crippen LogP contribution in [-0.4, -0.2) is 24.4 Å². The lowest BCUT2D eigenvalue weighted by Gasteiger charge is -2.22. The van der Waals surface area contributed by atoms with Crippen molar-refractivity contribution in [1.82, 2.24) is 5.32 Å². The van der Waals surface area contributed by atoms with Crippen LogP contribution < -0.4 is 16.0 Å². The van der Waals surface area contributed by atoms with Gasteiger partial charge in [0.1, 0.15) is 0 Å². The summed E-state index contributed by atoms with van der Waals surface area (Å²) in [5.74, 6) is 0.252. The monoisotopic (exact) mass is 323 g/mol. The number of carbonyl (C=O) groups is 2. The number of halogens is 1. The largest absolute Gasteiger partial charge is 0.326 e. The number of piperidine rings is 1. The van der Waals surface area contributed by atoms with Gasteiger partial charge in [0.05, 0.1) is 6.04 Å². The number of hydrogen-bond acceptors (Lipinski definition) is 3. The van der Waals surface area contributed by atoms with E-state index < -0.39 is 0 Å². The minimum absolute atomic E-state index is 0. The number of nitrogens with one attached hydrogen (secondary N) is 3. The zero-order chi connectivity index (χ0) is 14.7. The Morgan fingerprint density at radius 3 is 2.27 bits per heavy atom. The SMILES string of the molecule is Cl.O=C(Nc1cccc(NC(=O)[C@@H]2CCCCN2)c1)C1CC1. The van der Waals surface area contributed by atoms with E-state index in [1.54, 1.807) is 6.07 Å². The highest BCUT2D eigenvalue weighted by Crippen LogP contribution is 2.30. The summed E-state index contributed by atoms with van der Waals surface area (Å²) in [6, 6.07) is 7.22. The lowest BCUT2D eigenvalue weighted by molar-refractivity contribution is -0.119. The molecule has 1 atom stereocenters. The quantitative estimate of drug-likeness (QED) is 0.797. The van der Waals surface area contributed by atoms with Gasteiger partial charge in [0.25, 0.3) is 0 Å². The molecule has 1 aliphatic heterocycles. The summed E-state index contributed by atoms with van der Waals surface area (Å²) in [4.78, 5) is 23.9. The lowest BCUT2D eigenvalue weighted by Crippen LogP contribution is -2.43. The van der Waals surface area contributed by atoms with Crippen molar-refractivity contribution < 1.29 is 9.59 Å². The molecule has 120 valence electrons. The molecule has 1 aromatic rings. The molecule has 2 amide bonds. The summed E-state index contributed by atoms with van der Waals surface area (Å²) in [5, 5.41) is 9.04. The Morgan fingerprint density at radius 2 is 1.68 bits per heavy atom. The first-order chi connectivity index (χ1) is 10.2. The van der Waals surface area contributed by atoms with Crippen molar-refractivity contribution in [2.75, 3.05) is 17.2 Å². The van der Waals surface area contributed by atoms with E-state index in [2.05, 4.69) is 16.0 Å². The molecule has 2 fully saturated rings. The van der Waals surface area contributed by atoms with Crippen LogP contribution in [0.15, 0.2) is 24.3 Å². The molecule has 22 heavy (non-hydrogen) atoms. The van der Waals surface area contributed by atoms with Crippen LogP contribution in [0.2, 0.25) is 0 Å². The summed E-state index contributed by atoms with van der Waals surface area (Å²) in [6.45, 7) is 0.898. The van der Waals surface area contributed by atoms with Gasteiger partial charge in [-0.1, -0.05) is 12.5 Å². The average Bonchev–Trinajstić information content (AvgIpc) is 3.33. The van der Waals surface area contributed by atoms with Crippen molar-refractivity contribution in [2.24, 2.45) is 5.92 Å². The van der Waals surface area contributed by atoms with Crippen LogP contribution in [0.1, 0.15) is 32.1 Å². The molecule has 1 heterocycles. The highest BCUT2D eigenvalue weighted by molar-refractivity contribution is 5.97. The topological polar surface area (TPSA) is 70.2 Å². The van der Waals surface area contributed by atoms with E-state index in [1.165, 1.54) is 0 Å². The van der Waals surface area contributed by atoms with Gasteiger partial charge in [0.2, 0.25) is 11.8 Å². The molecule has 5 nitrogen and oxygen atoms in total. The van der Waals surface area contributed by atoms with Crippen LogP contribution in [0.25, 0.3) is 0 Å². The minimum Gasteiger partial charge on any atom is -0.326 e. The predicted octanol–water partition coefficient (Wildman–Crippen LogP) is 2.54. The molecular formula is C16H22ClN3O2.